The van der Waals surface area contributed by atoms with Gasteiger partial charge < -0.3 is 10.4 Å². The van der Waals surface area contributed by atoms with Crippen LogP contribution >= 0.6 is 0 Å². The van der Waals surface area contributed by atoms with E-state index in [9.17, 15) is 9.59 Å². The minimum Gasteiger partial charge on any atom is -0.394 e. The number of amides is 1. The molecule has 0 saturated carbocycles. The molecule has 0 aliphatic heterocycles. The fraction of sp³-hybridized carbons (Fsp3) is 0.556. The van der Waals surface area contributed by atoms with E-state index in [2.05, 4.69) is 11.4 Å². The van der Waals surface area contributed by atoms with Crippen molar-refractivity contribution in [2.75, 3.05) is 6.61 Å². The highest BCUT2D eigenvalue weighted by atomic mass is 16.3. The molecule has 22 heavy (non-hydrogen) atoms. The van der Waals surface area contributed by atoms with E-state index in [4.69, 9.17) is 5.11 Å². The molecule has 1 aromatic carbocycles. The van der Waals surface area contributed by atoms with Gasteiger partial charge in [-0.15, -0.1) is 0 Å². The number of hydrogen-bond acceptors (Lipinski definition) is 3. The Labute approximate surface area is 131 Å². The summed E-state index contributed by atoms with van der Waals surface area (Å²) in [6, 6.07) is 5.92. The van der Waals surface area contributed by atoms with Crippen LogP contribution in [0.3, 0.4) is 0 Å². The summed E-state index contributed by atoms with van der Waals surface area (Å²) in [5.74, 6) is -0.198. The highest BCUT2D eigenvalue weighted by molar-refractivity contribution is 5.98. The van der Waals surface area contributed by atoms with Crippen molar-refractivity contribution in [3.05, 3.63) is 34.9 Å². The maximum atomic E-state index is 12.2. The van der Waals surface area contributed by atoms with Crippen LogP contribution in [0.25, 0.3) is 0 Å². The average molecular weight is 303 g/mol. The van der Waals surface area contributed by atoms with E-state index in [1.807, 2.05) is 12.1 Å². The lowest BCUT2D eigenvalue weighted by Crippen LogP contribution is -2.46. The number of hydrogen-bond donors (Lipinski definition) is 2. The summed E-state index contributed by atoms with van der Waals surface area (Å²) in [5, 5.41) is 11.9. The maximum Gasteiger partial charge on any atom is 0.220 e. The molecule has 0 radical (unpaired) electrons. The quantitative estimate of drug-likeness (QED) is 0.793. The molecule has 4 heteroatoms. The van der Waals surface area contributed by atoms with E-state index < -0.39 is 5.54 Å². The smallest absolute Gasteiger partial charge is 0.220 e. The molecule has 0 atom stereocenters. The zero-order valence-electron chi connectivity index (χ0n) is 13.4. The molecular formula is C18H25NO3. The Balaban J connectivity index is 1.91. The van der Waals surface area contributed by atoms with Crippen molar-refractivity contribution in [2.24, 2.45) is 0 Å². The van der Waals surface area contributed by atoms with Gasteiger partial charge in [0, 0.05) is 18.4 Å². The first-order chi connectivity index (χ1) is 10.4. The van der Waals surface area contributed by atoms with Crippen molar-refractivity contribution < 1.29 is 14.7 Å². The minimum absolute atomic E-state index is 0.00493. The first kappa shape index (κ1) is 16.7. The largest absolute Gasteiger partial charge is 0.394 e. The van der Waals surface area contributed by atoms with E-state index in [1.54, 1.807) is 13.8 Å². The van der Waals surface area contributed by atoms with Gasteiger partial charge in [-0.05, 0) is 56.7 Å². The van der Waals surface area contributed by atoms with Crippen molar-refractivity contribution in [1.29, 1.82) is 0 Å². The normalized spacial score (nSPS) is 14.3. The molecule has 0 fully saturated rings. The molecule has 0 spiro atoms. The summed E-state index contributed by atoms with van der Waals surface area (Å²) in [4.78, 5) is 24.1. The predicted octanol–water partition coefficient (Wildman–Crippen LogP) is 2.42. The third-order valence-electron chi connectivity index (χ3n) is 4.12. The number of carbonyl (C=O) groups excluding carboxylic acids is 2. The van der Waals surface area contributed by atoms with Gasteiger partial charge in [0.05, 0.1) is 12.1 Å². The summed E-state index contributed by atoms with van der Waals surface area (Å²) >= 11 is 0. The Kier molecular flexibility index (Phi) is 5.35. The van der Waals surface area contributed by atoms with Gasteiger partial charge in [0.1, 0.15) is 0 Å². The second-order valence-corrected chi connectivity index (χ2v) is 6.70. The highest BCUT2D eigenvalue weighted by Crippen LogP contribution is 2.23. The molecule has 4 nitrogen and oxygen atoms in total. The van der Waals surface area contributed by atoms with Crippen LogP contribution in [-0.2, 0) is 17.6 Å². The molecule has 1 aliphatic rings. The lowest BCUT2D eigenvalue weighted by molar-refractivity contribution is -0.123. The number of nitrogens with one attached hydrogen (secondary N) is 1. The van der Waals surface area contributed by atoms with Crippen LogP contribution in [-0.4, -0.2) is 28.9 Å². The second-order valence-electron chi connectivity index (χ2n) is 6.70. The van der Waals surface area contributed by atoms with Crippen LogP contribution in [0.5, 0.6) is 0 Å². The van der Waals surface area contributed by atoms with Crippen LogP contribution in [0.1, 0.15) is 61.0 Å². The highest BCUT2D eigenvalue weighted by Gasteiger charge is 2.20. The van der Waals surface area contributed by atoms with Crippen molar-refractivity contribution in [2.45, 2.75) is 57.9 Å². The Morgan fingerprint density at radius 3 is 2.50 bits per heavy atom. The lowest BCUT2D eigenvalue weighted by atomic mass is 9.89. The maximum absolute atomic E-state index is 12.2. The monoisotopic (exact) mass is 303 g/mol. The fourth-order valence-electron chi connectivity index (χ4n) is 2.76. The average Bonchev–Trinajstić information content (AvgIpc) is 2.51. The number of rotatable bonds is 6. The van der Waals surface area contributed by atoms with Gasteiger partial charge in [0.25, 0.3) is 0 Å². The number of fused-ring (bicyclic) bond motifs is 1. The lowest BCUT2D eigenvalue weighted by Gasteiger charge is -2.23. The van der Waals surface area contributed by atoms with Gasteiger partial charge in [-0.1, -0.05) is 12.1 Å². The zero-order valence-corrected chi connectivity index (χ0v) is 13.4. The topological polar surface area (TPSA) is 66.4 Å². The number of ketones is 1. The van der Waals surface area contributed by atoms with E-state index in [0.29, 0.717) is 5.56 Å². The van der Waals surface area contributed by atoms with Crippen LogP contribution in [0.15, 0.2) is 18.2 Å². The standard InChI is InChI=1S/C18H25NO3/c1-18(2,12-20)19-17(22)10-9-16(21)15-8-7-13-5-3-4-6-14(13)11-15/h7-8,11,20H,3-6,9-10,12H2,1-2H3,(H,19,22). The summed E-state index contributed by atoms with van der Waals surface area (Å²) in [7, 11) is 0. The van der Waals surface area contributed by atoms with Crippen molar-refractivity contribution in [3.8, 4) is 0 Å². The number of aliphatic hydroxyl groups is 1. The SMILES string of the molecule is CC(C)(CO)NC(=O)CCC(=O)c1ccc2c(c1)CCCC2. The molecule has 0 bridgehead atoms. The van der Waals surface area contributed by atoms with Gasteiger partial charge >= 0.3 is 0 Å². The van der Waals surface area contributed by atoms with E-state index in [0.717, 1.165) is 12.8 Å². The van der Waals surface area contributed by atoms with Crippen LogP contribution in [0.2, 0.25) is 0 Å². The molecule has 2 rings (SSSR count). The molecule has 0 heterocycles. The number of carbonyl (C=O) groups is 2. The molecule has 0 saturated heterocycles. The number of Topliss-reactive ketones (excluding diaryl/α,β-unsaturated/α-hetero) is 1. The van der Waals surface area contributed by atoms with Crippen molar-refractivity contribution in [1.82, 2.24) is 5.32 Å². The van der Waals surface area contributed by atoms with Gasteiger partial charge in [0.2, 0.25) is 5.91 Å². The fourth-order valence-corrected chi connectivity index (χ4v) is 2.76. The molecule has 120 valence electrons. The third-order valence-corrected chi connectivity index (χ3v) is 4.12. The Hall–Kier alpha value is -1.68. The predicted molar refractivity (Wildman–Crippen MR) is 86.0 cm³/mol. The van der Waals surface area contributed by atoms with Gasteiger partial charge in [0.15, 0.2) is 5.78 Å². The van der Waals surface area contributed by atoms with Gasteiger partial charge in [-0.25, -0.2) is 0 Å². The molecule has 0 unspecified atom stereocenters. The molecule has 1 aromatic rings. The first-order valence-electron chi connectivity index (χ1n) is 7.98. The summed E-state index contributed by atoms with van der Waals surface area (Å²) < 4.78 is 0. The van der Waals surface area contributed by atoms with E-state index in [-0.39, 0.29) is 31.1 Å². The molecule has 0 aromatic heterocycles. The minimum atomic E-state index is -0.647. The van der Waals surface area contributed by atoms with Crippen LogP contribution in [0, 0.1) is 0 Å². The molecule has 1 amide bonds. The number of aliphatic hydroxyl groups excluding tert-OH is 1. The molecular weight excluding hydrogens is 278 g/mol. The molecule has 2 N–H and O–H groups in total. The number of benzene rings is 1. The Morgan fingerprint density at radius 2 is 1.82 bits per heavy atom. The van der Waals surface area contributed by atoms with Crippen molar-refractivity contribution >= 4 is 11.7 Å². The van der Waals surface area contributed by atoms with Crippen molar-refractivity contribution in [3.63, 3.8) is 0 Å². The molecule has 1 aliphatic carbocycles. The summed E-state index contributed by atoms with van der Waals surface area (Å²) in [6.07, 6.45) is 4.90. The third kappa shape index (κ3) is 4.41. The summed E-state index contributed by atoms with van der Waals surface area (Å²) in [6.45, 7) is 3.36. The van der Waals surface area contributed by atoms with Gasteiger partial charge in [-0.2, -0.15) is 0 Å². The van der Waals surface area contributed by atoms with Gasteiger partial charge in [-0.3, -0.25) is 9.59 Å². The number of aryl methyl sites for hydroxylation is 2. The summed E-state index contributed by atoms with van der Waals surface area (Å²) in [5.41, 5.74) is 2.69. The van der Waals surface area contributed by atoms with Crippen LogP contribution < -0.4 is 5.32 Å². The Bertz CT molecular complexity index is 563. The van der Waals surface area contributed by atoms with Crippen LogP contribution in [0.4, 0.5) is 0 Å². The zero-order chi connectivity index (χ0) is 16.2. The first-order valence-corrected chi connectivity index (χ1v) is 7.98. The van der Waals surface area contributed by atoms with E-state index in [1.165, 1.54) is 24.0 Å². The second kappa shape index (κ2) is 7.05. The Morgan fingerprint density at radius 1 is 1.14 bits per heavy atom. The van der Waals surface area contributed by atoms with E-state index >= 15 is 0 Å².